The Morgan fingerprint density at radius 1 is 0.840 bits per heavy atom. The van der Waals surface area contributed by atoms with Crippen molar-refractivity contribution in [3.63, 3.8) is 0 Å². The minimum absolute atomic E-state index is 0.0107. The number of aliphatic hydroxyl groups excluding tert-OH is 1. The summed E-state index contributed by atoms with van der Waals surface area (Å²) in [6.45, 7) is 20.0. The van der Waals surface area contributed by atoms with Crippen LogP contribution >= 0.6 is 0 Å². The SMILES string of the molecule is CC(C)CCOC(C)(C)CCC[Si](C)(C)CCCOC(C)(C)CCO. The van der Waals surface area contributed by atoms with Gasteiger partial charge in [0.15, 0.2) is 0 Å². The average molecular weight is 375 g/mol. The Labute approximate surface area is 158 Å². The monoisotopic (exact) mass is 374 g/mol. The van der Waals surface area contributed by atoms with Gasteiger partial charge in [-0.2, -0.15) is 0 Å². The standard InChI is InChI=1S/C21H46O3Si/c1-19(2)11-16-24-20(3,4)12-9-17-25(7,8)18-10-15-23-21(5,6)13-14-22/h19,22H,9-18H2,1-8H3. The molecule has 0 aromatic heterocycles. The van der Waals surface area contributed by atoms with Gasteiger partial charge in [0.25, 0.3) is 0 Å². The molecule has 0 atom stereocenters. The van der Waals surface area contributed by atoms with Crippen molar-refractivity contribution in [2.75, 3.05) is 19.8 Å². The van der Waals surface area contributed by atoms with Gasteiger partial charge < -0.3 is 14.6 Å². The predicted octanol–water partition coefficient (Wildman–Crippen LogP) is 5.88. The maximum absolute atomic E-state index is 9.05. The third kappa shape index (κ3) is 14.9. The summed E-state index contributed by atoms with van der Waals surface area (Å²) in [5, 5.41) is 9.05. The van der Waals surface area contributed by atoms with Crippen LogP contribution < -0.4 is 0 Å². The van der Waals surface area contributed by atoms with Crippen molar-refractivity contribution >= 4 is 8.07 Å². The van der Waals surface area contributed by atoms with Crippen LogP contribution in [0.4, 0.5) is 0 Å². The van der Waals surface area contributed by atoms with Gasteiger partial charge in [0.1, 0.15) is 0 Å². The lowest BCUT2D eigenvalue weighted by molar-refractivity contribution is -0.0324. The number of ether oxygens (including phenoxy) is 2. The van der Waals surface area contributed by atoms with E-state index in [0.29, 0.717) is 12.3 Å². The topological polar surface area (TPSA) is 38.7 Å². The second-order valence-electron chi connectivity index (χ2n) is 9.99. The molecule has 0 saturated carbocycles. The molecule has 0 bridgehead atoms. The van der Waals surface area contributed by atoms with Crippen LogP contribution in [0.25, 0.3) is 0 Å². The van der Waals surface area contributed by atoms with E-state index in [-0.39, 0.29) is 17.8 Å². The molecule has 0 aliphatic carbocycles. The van der Waals surface area contributed by atoms with Gasteiger partial charge >= 0.3 is 0 Å². The van der Waals surface area contributed by atoms with Crippen LogP contribution in [0.3, 0.4) is 0 Å². The van der Waals surface area contributed by atoms with Crippen molar-refractivity contribution in [2.24, 2.45) is 5.92 Å². The van der Waals surface area contributed by atoms with Crippen molar-refractivity contribution < 1.29 is 14.6 Å². The van der Waals surface area contributed by atoms with E-state index in [1.165, 1.54) is 18.5 Å². The minimum atomic E-state index is -1.15. The Kier molecular flexibility index (Phi) is 11.8. The molecule has 0 saturated heterocycles. The molecule has 1 N–H and O–H groups in total. The second-order valence-corrected chi connectivity index (χ2v) is 15.3. The zero-order valence-electron chi connectivity index (χ0n) is 18.4. The van der Waals surface area contributed by atoms with Gasteiger partial charge in [0, 0.05) is 27.9 Å². The summed E-state index contributed by atoms with van der Waals surface area (Å²) >= 11 is 0. The molecule has 3 nitrogen and oxygen atoms in total. The van der Waals surface area contributed by atoms with Gasteiger partial charge in [0.2, 0.25) is 0 Å². The van der Waals surface area contributed by atoms with Crippen LogP contribution in [-0.4, -0.2) is 44.2 Å². The van der Waals surface area contributed by atoms with Crippen LogP contribution in [0.2, 0.25) is 25.2 Å². The molecule has 0 heterocycles. The molecule has 0 amide bonds. The van der Waals surface area contributed by atoms with Crippen molar-refractivity contribution in [1.29, 1.82) is 0 Å². The largest absolute Gasteiger partial charge is 0.396 e. The number of rotatable bonds is 15. The van der Waals surface area contributed by atoms with Gasteiger partial charge in [-0.1, -0.05) is 45.5 Å². The molecule has 0 spiro atoms. The smallest absolute Gasteiger partial charge is 0.0648 e. The van der Waals surface area contributed by atoms with Crippen molar-refractivity contribution in [3.05, 3.63) is 0 Å². The van der Waals surface area contributed by atoms with Crippen LogP contribution in [0, 0.1) is 5.92 Å². The van der Waals surface area contributed by atoms with E-state index >= 15 is 0 Å². The summed E-state index contributed by atoms with van der Waals surface area (Å²) < 4.78 is 12.0. The van der Waals surface area contributed by atoms with Crippen LogP contribution in [0.15, 0.2) is 0 Å². The molecule has 0 unspecified atom stereocenters. The zero-order chi connectivity index (χ0) is 19.6. The molecule has 0 aromatic rings. The third-order valence-corrected chi connectivity index (χ3v) is 8.44. The summed E-state index contributed by atoms with van der Waals surface area (Å²) in [5.41, 5.74) is -0.186. The maximum Gasteiger partial charge on any atom is 0.0648 e. The molecule has 0 fully saturated rings. The molecular weight excluding hydrogens is 328 g/mol. The first kappa shape index (κ1) is 25.1. The lowest BCUT2D eigenvalue weighted by Gasteiger charge is -2.29. The van der Waals surface area contributed by atoms with E-state index in [1.807, 2.05) is 0 Å². The summed E-state index contributed by atoms with van der Waals surface area (Å²) in [7, 11) is -1.15. The summed E-state index contributed by atoms with van der Waals surface area (Å²) in [4.78, 5) is 0. The molecule has 4 heteroatoms. The van der Waals surface area contributed by atoms with E-state index in [1.54, 1.807) is 0 Å². The molecule has 0 aliphatic rings. The predicted molar refractivity (Wildman–Crippen MR) is 112 cm³/mol. The molecule has 0 radical (unpaired) electrons. The molecule has 0 aliphatic heterocycles. The Bertz CT molecular complexity index is 338. The van der Waals surface area contributed by atoms with Crippen LogP contribution in [0.1, 0.15) is 73.6 Å². The van der Waals surface area contributed by atoms with Crippen molar-refractivity contribution in [1.82, 2.24) is 0 Å². The highest BCUT2D eigenvalue weighted by Gasteiger charge is 2.24. The lowest BCUT2D eigenvalue weighted by atomic mass is 10.0. The maximum atomic E-state index is 9.05. The molecule has 0 aromatic carbocycles. The fourth-order valence-corrected chi connectivity index (χ4v) is 5.49. The van der Waals surface area contributed by atoms with Gasteiger partial charge in [-0.05, 0) is 59.3 Å². The fraction of sp³-hybridized carbons (Fsp3) is 1.00. The second kappa shape index (κ2) is 11.7. The number of aliphatic hydroxyl groups is 1. The Hall–Kier alpha value is 0.0969. The first-order chi connectivity index (χ1) is 11.4. The van der Waals surface area contributed by atoms with E-state index in [0.717, 1.165) is 32.5 Å². The summed E-state index contributed by atoms with van der Waals surface area (Å²) in [5.74, 6) is 0.715. The van der Waals surface area contributed by atoms with E-state index in [4.69, 9.17) is 14.6 Å². The van der Waals surface area contributed by atoms with E-state index < -0.39 is 8.07 Å². The van der Waals surface area contributed by atoms with Crippen LogP contribution in [0.5, 0.6) is 0 Å². The molecule has 0 rings (SSSR count). The first-order valence-corrected chi connectivity index (χ1v) is 13.7. The quantitative estimate of drug-likeness (QED) is 0.287. The molecular formula is C21H46O3Si. The van der Waals surface area contributed by atoms with E-state index in [2.05, 4.69) is 54.6 Å². The zero-order valence-corrected chi connectivity index (χ0v) is 19.4. The highest BCUT2D eigenvalue weighted by Crippen LogP contribution is 2.26. The summed E-state index contributed by atoms with van der Waals surface area (Å²) in [6, 6.07) is 2.68. The van der Waals surface area contributed by atoms with Crippen molar-refractivity contribution in [2.45, 2.75) is 110 Å². The van der Waals surface area contributed by atoms with Gasteiger partial charge in [0.05, 0.1) is 11.2 Å². The molecule has 25 heavy (non-hydrogen) atoms. The fourth-order valence-electron chi connectivity index (χ4n) is 3.00. The van der Waals surface area contributed by atoms with Gasteiger partial charge in [-0.25, -0.2) is 0 Å². The minimum Gasteiger partial charge on any atom is -0.396 e. The number of hydrogen-bond acceptors (Lipinski definition) is 3. The Morgan fingerprint density at radius 2 is 1.36 bits per heavy atom. The van der Waals surface area contributed by atoms with Gasteiger partial charge in [-0.3, -0.25) is 0 Å². The van der Waals surface area contributed by atoms with E-state index in [9.17, 15) is 0 Å². The summed E-state index contributed by atoms with van der Waals surface area (Å²) in [6.07, 6.45) is 5.42. The van der Waals surface area contributed by atoms with Crippen molar-refractivity contribution in [3.8, 4) is 0 Å². The highest BCUT2D eigenvalue weighted by atomic mass is 28.3. The Morgan fingerprint density at radius 3 is 1.92 bits per heavy atom. The van der Waals surface area contributed by atoms with Crippen LogP contribution in [-0.2, 0) is 9.47 Å². The normalized spacial score (nSPS) is 13.7. The highest BCUT2D eigenvalue weighted by molar-refractivity contribution is 6.77. The lowest BCUT2D eigenvalue weighted by Crippen LogP contribution is -2.30. The first-order valence-electron chi connectivity index (χ1n) is 10.3. The average Bonchev–Trinajstić information content (AvgIpc) is 2.42. The van der Waals surface area contributed by atoms with Gasteiger partial charge in [-0.15, -0.1) is 0 Å². The molecule has 152 valence electrons. The third-order valence-electron chi connectivity index (χ3n) is 5.02. The number of hydrogen-bond donors (Lipinski definition) is 1. The Balaban J connectivity index is 3.95.